The SMILES string of the molecule is COc1ccccc1N1CCN(CCCNc2cnn(C)c(=O)c2)CC1. The normalized spacial score (nSPS) is 15.1. The molecule has 2 aromatic rings. The molecule has 1 saturated heterocycles. The van der Waals surface area contributed by atoms with E-state index in [0.29, 0.717) is 0 Å². The lowest BCUT2D eigenvalue weighted by atomic mass is 10.2. The number of para-hydroxylation sites is 2. The highest BCUT2D eigenvalue weighted by Gasteiger charge is 2.18. The zero-order valence-electron chi connectivity index (χ0n) is 15.5. The van der Waals surface area contributed by atoms with Crippen molar-refractivity contribution >= 4 is 11.4 Å². The first kappa shape index (κ1) is 18.3. The predicted octanol–water partition coefficient (Wildman–Crippen LogP) is 1.41. The lowest BCUT2D eigenvalue weighted by molar-refractivity contribution is 0.256. The van der Waals surface area contributed by atoms with Crippen molar-refractivity contribution in [2.45, 2.75) is 6.42 Å². The molecule has 0 bridgehead atoms. The minimum Gasteiger partial charge on any atom is -0.495 e. The number of piperazine rings is 1. The van der Waals surface area contributed by atoms with E-state index < -0.39 is 0 Å². The summed E-state index contributed by atoms with van der Waals surface area (Å²) in [6.07, 6.45) is 2.72. The highest BCUT2D eigenvalue weighted by Crippen LogP contribution is 2.28. The lowest BCUT2D eigenvalue weighted by Gasteiger charge is -2.36. The van der Waals surface area contributed by atoms with Crippen LogP contribution in [0.15, 0.2) is 41.3 Å². The molecule has 26 heavy (non-hydrogen) atoms. The molecule has 2 heterocycles. The van der Waals surface area contributed by atoms with Crippen LogP contribution < -0.4 is 20.5 Å². The van der Waals surface area contributed by atoms with Gasteiger partial charge in [-0.25, -0.2) is 4.68 Å². The summed E-state index contributed by atoms with van der Waals surface area (Å²) in [7, 11) is 3.37. The second kappa shape index (κ2) is 8.71. The van der Waals surface area contributed by atoms with E-state index in [1.54, 1.807) is 26.4 Å². The Morgan fingerprint density at radius 1 is 1.19 bits per heavy atom. The molecule has 3 rings (SSSR count). The molecule has 1 aliphatic rings. The van der Waals surface area contributed by atoms with Gasteiger partial charge in [-0.05, 0) is 25.1 Å². The first-order valence-electron chi connectivity index (χ1n) is 9.05. The third-order valence-electron chi connectivity index (χ3n) is 4.75. The van der Waals surface area contributed by atoms with Gasteiger partial charge in [0, 0.05) is 45.8 Å². The van der Waals surface area contributed by atoms with Gasteiger partial charge in [-0.2, -0.15) is 5.10 Å². The molecule has 0 atom stereocenters. The van der Waals surface area contributed by atoms with Gasteiger partial charge >= 0.3 is 0 Å². The van der Waals surface area contributed by atoms with E-state index in [9.17, 15) is 4.79 Å². The Kier molecular flexibility index (Phi) is 6.12. The quantitative estimate of drug-likeness (QED) is 0.756. The van der Waals surface area contributed by atoms with Gasteiger partial charge in [-0.3, -0.25) is 9.69 Å². The minimum atomic E-state index is -0.0949. The molecular weight excluding hydrogens is 330 g/mol. The van der Waals surface area contributed by atoms with Crippen LogP contribution in [0.1, 0.15) is 6.42 Å². The Labute approximate surface area is 154 Å². The van der Waals surface area contributed by atoms with E-state index in [4.69, 9.17) is 4.74 Å². The molecule has 0 spiro atoms. The van der Waals surface area contributed by atoms with Crippen molar-refractivity contribution in [1.29, 1.82) is 0 Å². The van der Waals surface area contributed by atoms with Gasteiger partial charge in [0.05, 0.1) is 24.7 Å². The van der Waals surface area contributed by atoms with Gasteiger partial charge in [0.25, 0.3) is 5.56 Å². The molecule has 1 aliphatic heterocycles. The van der Waals surface area contributed by atoms with E-state index in [0.717, 1.165) is 57.1 Å². The Morgan fingerprint density at radius 3 is 2.69 bits per heavy atom. The summed E-state index contributed by atoms with van der Waals surface area (Å²) in [6.45, 7) is 5.99. The third-order valence-corrected chi connectivity index (χ3v) is 4.75. The summed E-state index contributed by atoms with van der Waals surface area (Å²) >= 11 is 0. The average Bonchev–Trinajstić information content (AvgIpc) is 2.68. The highest BCUT2D eigenvalue weighted by atomic mass is 16.5. The number of hydrogen-bond acceptors (Lipinski definition) is 6. The van der Waals surface area contributed by atoms with Crippen LogP contribution in [0.2, 0.25) is 0 Å². The van der Waals surface area contributed by atoms with Gasteiger partial charge in [-0.15, -0.1) is 0 Å². The monoisotopic (exact) mass is 357 g/mol. The van der Waals surface area contributed by atoms with E-state index in [1.807, 2.05) is 12.1 Å². The van der Waals surface area contributed by atoms with Crippen LogP contribution in [-0.2, 0) is 7.05 Å². The number of benzene rings is 1. The number of rotatable bonds is 7. The number of nitrogens with one attached hydrogen (secondary N) is 1. The predicted molar refractivity (Wildman–Crippen MR) is 104 cm³/mol. The fourth-order valence-corrected chi connectivity index (χ4v) is 3.20. The topological polar surface area (TPSA) is 62.6 Å². The smallest absolute Gasteiger partial charge is 0.268 e. The number of anilines is 2. The maximum Gasteiger partial charge on any atom is 0.268 e. The molecule has 1 N–H and O–H groups in total. The molecule has 140 valence electrons. The number of hydrogen-bond donors (Lipinski definition) is 1. The summed E-state index contributed by atoms with van der Waals surface area (Å²) in [5.74, 6) is 0.938. The second-order valence-corrected chi connectivity index (χ2v) is 6.49. The number of aryl methyl sites for hydroxylation is 1. The summed E-state index contributed by atoms with van der Waals surface area (Å²) in [4.78, 5) is 16.4. The summed E-state index contributed by atoms with van der Waals surface area (Å²) in [5.41, 5.74) is 1.87. The maximum absolute atomic E-state index is 11.6. The first-order chi connectivity index (χ1) is 12.7. The van der Waals surface area contributed by atoms with E-state index in [1.165, 1.54) is 10.4 Å². The highest BCUT2D eigenvalue weighted by molar-refractivity contribution is 5.58. The van der Waals surface area contributed by atoms with Crippen LogP contribution >= 0.6 is 0 Å². The summed E-state index contributed by atoms with van der Waals surface area (Å²) in [6, 6.07) is 9.78. The molecule has 1 aromatic carbocycles. The van der Waals surface area contributed by atoms with Crippen LogP contribution in [0.5, 0.6) is 5.75 Å². The molecular formula is C19H27N5O2. The minimum absolute atomic E-state index is 0.0949. The van der Waals surface area contributed by atoms with Gasteiger partial charge in [0.2, 0.25) is 0 Å². The molecule has 7 nitrogen and oxygen atoms in total. The Bertz CT molecular complexity index is 769. The van der Waals surface area contributed by atoms with Crippen molar-refractivity contribution < 1.29 is 4.74 Å². The van der Waals surface area contributed by atoms with Gasteiger partial charge in [-0.1, -0.05) is 12.1 Å². The molecule has 1 aromatic heterocycles. The van der Waals surface area contributed by atoms with Gasteiger partial charge in [0.15, 0.2) is 0 Å². The average molecular weight is 357 g/mol. The third kappa shape index (κ3) is 4.54. The second-order valence-electron chi connectivity index (χ2n) is 6.49. The zero-order chi connectivity index (χ0) is 18.4. The molecule has 0 radical (unpaired) electrons. The lowest BCUT2D eigenvalue weighted by Crippen LogP contribution is -2.46. The van der Waals surface area contributed by atoms with Crippen molar-refractivity contribution in [2.75, 3.05) is 56.6 Å². The van der Waals surface area contributed by atoms with E-state index >= 15 is 0 Å². The number of nitrogens with zero attached hydrogens (tertiary/aromatic N) is 4. The van der Waals surface area contributed by atoms with Crippen LogP contribution in [-0.4, -0.2) is 61.1 Å². The number of methoxy groups -OCH3 is 1. The number of ether oxygens (including phenoxy) is 1. The van der Waals surface area contributed by atoms with Crippen molar-refractivity contribution in [1.82, 2.24) is 14.7 Å². The van der Waals surface area contributed by atoms with Crippen molar-refractivity contribution in [2.24, 2.45) is 7.05 Å². The van der Waals surface area contributed by atoms with Crippen LogP contribution in [0.3, 0.4) is 0 Å². The van der Waals surface area contributed by atoms with Crippen LogP contribution in [0, 0.1) is 0 Å². The van der Waals surface area contributed by atoms with E-state index in [-0.39, 0.29) is 5.56 Å². The summed E-state index contributed by atoms with van der Waals surface area (Å²) < 4.78 is 6.80. The standard InChI is InChI=1S/C19H27N5O2/c1-22-19(25)14-16(15-21-22)20-8-5-9-23-10-12-24(13-11-23)17-6-3-4-7-18(17)26-2/h3-4,6-7,14-15,20H,5,8-13H2,1-2H3. The zero-order valence-corrected chi connectivity index (χ0v) is 15.5. The molecule has 0 unspecified atom stereocenters. The fourth-order valence-electron chi connectivity index (χ4n) is 3.20. The fraction of sp³-hybridized carbons (Fsp3) is 0.474. The van der Waals surface area contributed by atoms with Crippen molar-refractivity contribution in [3.63, 3.8) is 0 Å². The van der Waals surface area contributed by atoms with Crippen LogP contribution in [0.4, 0.5) is 11.4 Å². The van der Waals surface area contributed by atoms with Gasteiger partial charge < -0.3 is 15.0 Å². The maximum atomic E-state index is 11.6. The van der Waals surface area contributed by atoms with Gasteiger partial charge in [0.1, 0.15) is 5.75 Å². The van der Waals surface area contributed by atoms with Crippen molar-refractivity contribution in [3.8, 4) is 5.75 Å². The van der Waals surface area contributed by atoms with E-state index in [2.05, 4.69) is 32.3 Å². The Hall–Kier alpha value is -2.54. The molecule has 7 heteroatoms. The number of aromatic nitrogens is 2. The Balaban J connectivity index is 1.40. The molecule has 0 amide bonds. The summed E-state index contributed by atoms with van der Waals surface area (Å²) in [5, 5.41) is 7.29. The molecule has 0 saturated carbocycles. The first-order valence-corrected chi connectivity index (χ1v) is 9.05. The largest absolute Gasteiger partial charge is 0.495 e. The Morgan fingerprint density at radius 2 is 1.96 bits per heavy atom. The molecule has 1 fully saturated rings. The van der Waals surface area contributed by atoms with Crippen molar-refractivity contribution in [3.05, 3.63) is 46.9 Å². The molecule has 0 aliphatic carbocycles. The van der Waals surface area contributed by atoms with Crippen LogP contribution in [0.25, 0.3) is 0 Å².